The highest BCUT2D eigenvalue weighted by molar-refractivity contribution is 6.45. The number of carbonyl (C=O) groups excluding carboxylic acids is 10. The maximum Gasteiger partial charge on any atom is 0.338 e. The van der Waals surface area contributed by atoms with Gasteiger partial charge < -0.3 is 37.9 Å². The number of aromatic nitrogens is 4. The molecule has 0 spiro atoms. The lowest BCUT2D eigenvalue weighted by Gasteiger charge is -2.33. The lowest BCUT2D eigenvalue weighted by molar-refractivity contribution is -0.131. The first-order chi connectivity index (χ1) is 63.5. The van der Waals surface area contributed by atoms with Crippen molar-refractivity contribution in [1.82, 2.24) is 29.7 Å². The monoisotopic (exact) mass is 1800 g/mol. The summed E-state index contributed by atoms with van der Waals surface area (Å²) in [7, 11) is 0. The van der Waals surface area contributed by atoms with Gasteiger partial charge in [0.1, 0.15) is 105 Å². The van der Waals surface area contributed by atoms with E-state index in [2.05, 4.69) is 129 Å². The highest BCUT2D eigenvalue weighted by Crippen LogP contribution is 2.59. The molecular formula is C108H100N8O18. The molecule has 0 saturated heterocycles. The Morgan fingerprint density at radius 1 is 0.284 bits per heavy atom. The zero-order valence-corrected chi connectivity index (χ0v) is 77.5. The van der Waals surface area contributed by atoms with Crippen LogP contribution >= 0.6 is 0 Å². The summed E-state index contributed by atoms with van der Waals surface area (Å²) in [6, 6.07) is 45.8. The standard InChI is InChI=1S/C108H100N8O18/c1-21-59(5)101(123)131-71-41-45-109-83(49-71)115(84-50-72(42-46-110-84)132-102(124)60(6)22-2)87(117)57-113-97(119)75-53-79(127-67-33-25-63(26-34-67)105(9,10)11)91-93-81(129-69-37-29-65(30-38-69)107(15,16)17)55-77-90-78(100(122)114(99(77)121)58-88(118)116(85-51-73(43-47-111-85)133-103(125)61(7)23-3)86-52-74(44-48-112-86)134-104(126)62(8)24-4)56-82(130-70-39-31-66(32-40-70)108(18,19)20)94(96(90)93)92-80(54-76(98(113)120)89(75)95(91)92)128-68-35-27-64(28-36-68)106(12,13)14/h25-56H,5-8,21-24,57-58H2,1-4,9-20H3. The maximum atomic E-state index is 16.8. The van der Waals surface area contributed by atoms with Crippen molar-refractivity contribution >= 4 is 126 Å². The van der Waals surface area contributed by atoms with Gasteiger partial charge in [-0.1, -0.05) is 186 Å². The minimum Gasteiger partial charge on any atom is -0.457 e. The third kappa shape index (κ3) is 18.5. The van der Waals surface area contributed by atoms with E-state index in [4.69, 9.17) is 37.9 Å². The van der Waals surface area contributed by atoms with Crippen molar-refractivity contribution < 1.29 is 85.8 Å². The zero-order valence-electron chi connectivity index (χ0n) is 77.5. The van der Waals surface area contributed by atoms with Crippen LogP contribution in [0.2, 0.25) is 0 Å². The number of carbonyl (C=O) groups is 10. The molecular weight excluding hydrogens is 1700 g/mol. The fourth-order valence-corrected chi connectivity index (χ4v) is 15.6. The van der Waals surface area contributed by atoms with Crippen molar-refractivity contribution in [1.29, 1.82) is 0 Å². The third-order valence-electron chi connectivity index (χ3n) is 23.4. The van der Waals surface area contributed by atoms with Crippen LogP contribution in [-0.4, -0.2) is 102 Å². The van der Waals surface area contributed by atoms with E-state index in [9.17, 15) is 19.2 Å². The molecule has 6 amide bonds. The van der Waals surface area contributed by atoms with Crippen LogP contribution < -0.4 is 47.7 Å². The van der Waals surface area contributed by atoms with Crippen molar-refractivity contribution in [2.24, 2.45) is 0 Å². The molecule has 4 aromatic heterocycles. The first-order valence-corrected chi connectivity index (χ1v) is 43.9. The number of benzene rings is 9. The number of amides is 6. The van der Waals surface area contributed by atoms with E-state index in [0.717, 1.165) is 41.9 Å². The fraction of sp³-hybridized carbons (Fsp3) is 0.241. The van der Waals surface area contributed by atoms with E-state index >= 15 is 28.8 Å². The molecule has 0 fully saturated rings. The molecule has 0 N–H and O–H groups in total. The van der Waals surface area contributed by atoms with Gasteiger partial charge in [0.2, 0.25) is 0 Å². The van der Waals surface area contributed by atoms with Crippen molar-refractivity contribution in [3.8, 4) is 69.0 Å². The average Bonchev–Trinajstić information content (AvgIpc) is 0.669. The Morgan fingerprint density at radius 3 is 0.672 bits per heavy atom. The molecule has 2 aliphatic heterocycles. The summed E-state index contributed by atoms with van der Waals surface area (Å²) in [5.41, 5.74) is 2.04. The Labute approximate surface area is 774 Å². The molecule has 2 aliphatic rings. The van der Waals surface area contributed by atoms with Crippen molar-refractivity contribution in [3.63, 3.8) is 0 Å². The lowest BCUT2D eigenvalue weighted by atomic mass is 9.80. The molecule has 0 saturated carbocycles. The van der Waals surface area contributed by atoms with Crippen LogP contribution in [0, 0.1) is 0 Å². The second-order valence-electron chi connectivity index (χ2n) is 36.8. The van der Waals surface area contributed by atoms with Crippen molar-refractivity contribution in [3.05, 3.63) is 288 Å². The van der Waals surface area contributed by atoms with Gasteiger partial charge in [-0.2, -0.15) is 0 Å². The van der Waals surface area contributed by atoms with E-state index in [1.807, 2.05) is 48.5 Å². The molecule has 0 bridgehead atoms. The number of nitrogens with zero attached hydrogens (tertiary/aromatic N) is 8. The smallest absolute Gasteiger partial charge is 0.338 e. The molecule has 13 aromatic rings. The number of rotatable bonds is 28. The number of hydrogen-bond donors (Lipinski definition) is 0. The minimum atomic E-state index is -1.06. The van der Waals surface area contributed by atoms with E-state index in [1.54, 1.807) is 76.2 Å². The Kier molecular flexibility index (Phi) is 25.3. The molecule has 26 heteroatoms. The van der Waals surface area contributed by atoms with Gasteiger partial charge in [0.25, 0.3) is 35.4 Å². The molecule has 6 heterocycles. The molecule has 0 unspecified atom stereocenters. The second kappa shape index (κ2) is 36.5. The highest BCUT2D eigenvalue weighted by Gasteiger charge is 2.45. The predicted molar refractivity (Wildman–Crippen MR) is 511 cm³/mol. The minimum absolute atomic E-state index is 0.0155. The normalized spacial score (nSPS) is 12.7. The summed E-state index contributed by atoms with van der Waals surface area (Å²) in [6.45, 7) is 44.8. The van der Waals surface area contributed by atoms with Gasteiger partial charge in [0.15, 0.2) is 0 Å². The summed E-state index contributed by atoms with van der Waals surface area (Å²) in [5.74, 6) is -9.72. The van der Waals surface area contributed by atoms with Gasteiger partial charge in [-0.15, -0.1) is 0 Å². The number of anilines is 4. The van der Waals surface area contributed by atoms with Crippen molar-refractivity contribution in [2.75, 3.05) is 22.9 Å². The summed E-state index contributed by atoms with van der Waals surface area (Å²) in [6.07, 6.45) is 6.06. The highest BCUT2D eigenvalue weighted by atomic mass is 16.6. The number of esters is 4. The quantitative estimate of drug-likeness (QED) is 0.0145. The molecule has 26 nitrogen and oxygen atoms in total. The number of imide groups is 2. The third-order valence-corrected chi connectivity index (χ3v) is 23.4. The van der Waals surface area contributed by atoms with E-state index in [1.165, 1.54) is 97.6 Å². The molecule has 9 aromatic carbocycles. The number of ether oxygens (including phenoxy) is 8. The first-order valence-electron chi connectivity index (χ1n) is 43.9. The van der Waals surface area contributed by atoms with Crippen LogP contribution in [0.1, 0.15) is 200 Å². The van der Waals surface area contributed by atoms with Crippen LogP contribution in [0.15, 0.2) is 243 Å². The van der Waals surface area contributed by atoms with Gasteiger partial charge in [-0.3, -0.25) is 38.6 Å². The van der Waals surface area contributed by atoms with Gasteiger partial charge in [-0.25, -0.2) is 48.9 Å². The van der Waals surface area contributed by atoms with Gasteiger partial charge in [0, 0.05) is 114 Å². The Hall–Kier alpha value is -15.9. The Balaban J connectivity index is 1.02. The van der Waals surface area contributed by atoms with Gasteiger partial charge in [-0.05, 0) is 167 Å². The molecule has 0 radical (unpaired) electrons. The number of fused-ring (bicyclic) bond motifs is 2. The Morgan fingerprint density at radius 2 is 0.485 bits per heavy atom. The topological polar surface area (TPSA) is 309 Å². The van der Waals surface area contributed by atoms with Crippen LogP contribution in [0.4, 0.5) is 23.3 Å². The zero-order chi connectivity index (χ0) is 96.2. The van der Waals surface area contributed by atoms with Gasteiger partial charge >= 0.3 is 23.9 Å². The van der Waals surface area contributed by atoms with Crippen LogP contribution in [0.5, 0.6) is 69.0 Å². The maximum absolute atomic E-state index is 16.8. The van der Waals surface area contributed by atoms with E-state index < -0.39 is 72.4 Å². The fourth-order valence-electron chi connectivity index (χ4n) is 15.6. The van der Waals surface area contributed by atoms with Gasteiger partial charge in [0.05, 0.1) is 22.3 Å². The lowest BCUT2D eigenvalue weighted by Crippen LogP contribution is -2.47. The molecule has 680 valence electrons. The van der Waals surface area contributed by atoms with Crippen LogP contribution in [-0.2, 0) is 50.4 Å². The second-order valence-corrected chi connectivity index (χ2v) is 36.8. The summed E-state index contributed by atoms with van der Waals surface area (Å²) >= 11 is 0. The SMILES string of the molecule is C=C(CC)C(=O)Oc1ccnc(N(C(=O)CN2C(=O)c3cc(Oc4ccc(C(C)(C)C)cc4)c4c5c(Oc6ccc(C(C)(C)C)cc6)cc6c7c(cc(Oc8ccc(C(C)(C)C)cc8)c(c8c(Oc9ccc(C(C)(C)C)cc9)cc(c3c48)C2=O)c75)C(=O)N(CC(=O)N(c2cc(OC(=O)C(=C)CC)ccn2)c2cc(OC(=O)C(=C)CC)ccn2)C6=O)c2cc(OC(=O)C(=C)CC)ccn2)c1. The largest absolute Gasteiger partial charge is 0.457 e. The Bertz CT molecular complexity index is 6280. The van der Waals surface area contributed by atoms with E-state index in [0.29, 0.717) is 0 Å². The summed E-state index contributed by atoms with van der Waals surface area (Å²) in [4.78, 5) is 174. The first kappa shape index (κ1) is 92.8. The molecule has 134 heavy (non-hydrogen) atoms. The summed E-state index contributed by atoms with van der Waals surface area (Å²) in [5, 5.41) is 0.833. The van der Waals surface area contributed by atoms with Crippen LogP contribution in [0.25, 0.3) is 43.1 Å². The van der Waals surface area contributed by atoms with Crippen molar-refractivity contribution in [2.45, 2.75) is 158 Å². The predicted octanol–water partition coefficient (Wildman–Crippen LogP) is 23.1. The molecule has 0 atom stereocenters. The van der Waals surface area contributed by atoms with Crippen LogP contribution in [0.3, 0.4) is 0 Å². The molecule has 0 aliphatic carbocycles. The average molecular weight is 1800 g/mol. The van der Waals surface area contributed by atoms with E-state index in [-0.39, 0.29) is 227 Å². The number of pyridine rings is 4. The molecule has 15 rings (SSSR count). The summed E-state index contributed by atoms with van der Waals surface area (Å²) < 4.78 is 52.5. The number of hydrogen-bond acceptors (Lipinski definition) is 22.